The van der Waals surface area contributed by atoms with Crippen LogP contribution in [0.5, 0.6) is 11.5 Å². The summed E-state index contributed by atoms with van der Waals surface area (Å²) < 4.78 is 25.1. The number of halogens is 2. The molecule has 1 saturated heterocycles. The van der Waals surface area contributed by atoms with Crippen LogP contribution in [0, 0.1) is 5.82 Å². The van der Waals surface area contributed by atoms with Crippen molar-refractivity contribution in [1.82, 2.24) is 4.90 Å². The monoisotopic (exact) mass is 434 g/mol. The fourth-order valence-corrected chi connectivity index (χ4v) is 3.71. The SMILES string of the molecule is CCCCCOc1cc(N2CCCN(Cc3cccc(F)c3Cl)C2=O)ccc1OC. The van der Waals surface area contributed by atoms with Crippen LogP contribution in [0.1, 0.15) is 38.2 Å². The van der Waals surface area contributed by atoms with Gasteiger partial charge >= 0.3 is 6.03 Å². The molecule has 0 spiro atoms. The van der Waals surface area contributed by atoms with E-state index in [1.165, 1.54) is 6.07 Å². The number of carbonyl (C=O) groups is 1. The van der Waals surface area contributed by atoms with Crippen molar-refractivity contribution in [3.8, 4) is 11.5 Å². The number of benzene rings is 2. The van der Waals surface area contributed by atoms with Crippen molar-refractivity contribution in [3.05, 3.63) is 52.8 Å². The molecule has 1 aliphatic rings. The van der Waals surface area contributed by atoms with Crippen LogP contribution in [0.15, 0.2) is 36.4 Å². The highest BCUT2D eigenvalue weighted by atomic mass is 35.5. The van der Waals surface area contributed by atoms with Gasteiger partial charge in [0.2, 0.25) is 0 Å². The summed E-state index contributed by atoms with van der Waals surface area (Å²) in [6, 6.07) is 10.1. The summed E-state index contributed by atoms with van der Waals surface area (Å²) >= 11 is 6.08. The van der Waals surface area contributed by atoms with Gasteiger partial charge in [0.25, 0.3) is 0 Å². The van der Waals surface area contributed by atoms with Crippen LogP contribution in [0.4, 0.5) is 14.9 Å². The van der Waals surface area contributed by atoms with Gasteiger partial charge in [0.15, 0.2) is 11.5 Å². The van der Waals surface area contributed by atoms with Crippen LogP contribution in [0.2, 0.25) is 5.02 Å². The first-order chi connectivity index (χ1) is 14.5. The smallest absolute Gasteiger partial charge is 0.324 e. The molecular formula is C23H28ClFN2O3. The largest absolute Gasteiger partial charge is 0.493 e. The van der Waals surface area contributed by atoms with E-state index in [0.717, 1.165) is 31.4 Å². The third-order valence-electron chi connectivity index (χ3n) is 5.17. The van der Waals surface area contributed by atoms with Crippen LogP contribution in [-0.2, 0) is 6.54 Å². The maximum absolute atomic E-state index is 13.8. The van der Waals surface area contributed by atoms with Crippen LogP contribution >= 0.6 is 11.6 Å². The van der Waals surface area contributed by atoms with Crippen molar-refractivity contribution in [3.63, 3.8) is 0 Å². The van der Waals surface area contributed by atoms with Crippen molar-refractivity contribution in [2.24, 2.45) is 0 Å². The fraction of sp³-hybridized carbons (Fsp3) is 0.435. The van der Waals surface area contributed by atoms with Crippen molar-refractivity contribution in [2.45, 2.75) is 39.2 Å². The van der Waals surface area contributed by atoms with Crippen LogP contribution in [0.3, 0.4) is 0 Å². The summed E-state index contributed by atoms with van der Waals surface area (Å²) in [5, 5.41) is 0.0645. The molecule has 5 nitrogen and oxygen atoms in total. The topological polar surface area (TPSA) is 42.0 Å². The minimum atomic E-state index is -0.476. The molecule has 0 N–H and O–H groups in total. The molecule has 1 fully saturated rings. The maximum Gasteiger partial charge on any atom is 0.324 e. The van der Waals surface area contributed by atoms with Crippen molar-refractivity contribution in [1.29, 1.82) is 0 Å². The number of carbonyl (C=O) groups excluding carboxylic acids is 1. The van der Waals surface area contributed by atoms with E-state index in [-0.39, 0.29) is 17.6 Å². The van der Waals surface area contributed by atoms with Gasteiger partial charge in [0.05, 0.1) is 18.7 Å². The number of urea groups is 1. The summed E-state index contributed by atoms with van der Waals surface area (Å²) in [6.45, 7) is 4.21. The summed E-state index contributed by atoms with van der Waals surface area (Å²) in [7, 11) is 1.60. The molecule has 0 unspecified atom stereocenters. The molecule has 0 radical (unpaired) electrons. The van der Waals surface area contributed by atoms with Gasteiger partial charge < -0.3 is 14.4 Å². The Morgan fingerprint density at radius 2 is 1.97 bits per heavy atom. The highest BCUT2D eigenvalue weighted by Crippen LogP contribution is 2.33. The van der Waals surface area contributed by atoms with Crippen molar-refractivity contribution >= 4 is 23.3 Å². The number of hydrogen-bond donors (Lipinski definition) is 0. The van der Waals surface area contributed by atoms with Gasteiger partial charge in [-0.05, 0) is 36.6 Å². The van der Waals surface area contributed by atoms with Crippen LogP contribution in [-0.4, -0.2) is 37.7 Å². The highest BCUT2D eigenvalue weighted by Gasteiger charge is 2.28. The molecule has 2 aromatic rings. The van der Waals surface area contributed by atoms with E-state index in [9.17, 15) is 9.18 Å². The van der Waals surface area contributed by atoms with E-state index >= 15 is 0 Å². The molecule has 0 atom stereocenters. The zero-order valence-corrected chi connectivity index (χ0v) is 18.3. The first kappa shape index (κ1) is 22.2. The maximum atomic E-state index is 13.8. The van der Waals surface area contributed by atoms with E-state index in [0.29, 0.717) is 36.8 Å². The van der Waals surface area contributed by atoms with Gasteiger partial charge in [-0.2, -0.15) is 0 Å². The van der Waals surface area contributed by atoms with Gasteiger partial charge in [-0.15, -0.1) is 0 Å². The third kappa shape index (κ3) is 5.17. The molecule has 3 rings (SSSR count). The Hall–Kier alpha value is -2.47. The van der Waals surface area contributed by atoms with E-state index in [1.807, 2.05) is 18.2 Å². The van der Waals surface area contributed by atoms with E-state index in [4.69, 9.17) is 21.1 Å². The van der Waals surface area contributed by atoms with Crippen molar-refractivity contribution < 1.29 is 18.7 Å². The Morgan fingerprint density at radius 3 is 2.73 bits per heavy atom. The first-order valence-electron chi connectivity index (χ1n) is 10.3. The number of ether oxygens (including phenoxy) is 2. The molecule has 1 heterocycles. The molecule has 0 aliphatic carbocycles. The zero-order valence-electron chi connectivity index (χ0n) is 17.5. The summed E-state index contributed by atoms with van der Waals surface area (Å²) in [6.07, 6.45) is 3.99. The van der Waals surface area contributed by atoms with Gasteiger partial charge in [-0.3, -0.25) is 4.90 Å². The second-order valence-electron chi connectivity index (χ2n) is 7.31. The quantitative estimate of drug-likeness (QED) is 0.462. The second kappa shape index (κ2) is 10.5. The lowest BCUT2D eigenvalue weighted by atomic mass is 10.1. The number of unbranched alkanes of at least 4 members (excludes halogenated alkanes) is 2. The minimum absolute atomic E-state index is 0.0645. The number of rotatable bonds is 9. The summed E-state index contributed by atoms with van der Waals surface area (Å²) in [5.41, 5.74) is 1.35. The van der Waals surface area contributed by atoms with Gasteiger partial charge in [-0.1, -0.05) is 43.5 Å². The number of nitrogens with zero attached hydrogens (tertiary/aromatic N) is 2. The van der Waals surface area contributed by atoms with Gasteiger partial charge in [0, 0.05) is 31.4 Å². The standard InChI is InChI=1S/C23H28ClFN2O3/c1-3-4-5-14-30-21-15-18(10-11-20(21)29-2)27-13-7-12-26(23(27)28)16-17-8-6-9-19(25)22(17)24/h6,8-11,15H,3-5,7,12-14,16H2,1-2H3. The lowest BCUT2D eigenvalue weighted by molar-refractivity contribution is 0.192. The number of hydrogen-bond acceptors (Lipinski definition) is 3. The van der Waals surface area contributed by atoms with Crippen molar-refractivity contribution in [2.75, 3.05) is 31.7 Å². The molecule has 7 heteroatoms. The van der Waals surface area contributed by atoms with Crippen LogP contribution in [0.25, 0.3) is 0 Å². The second-order valence-corrected chi connectivity index (χ2v) is 7.69. The molecule has 30 heavy (non-hydrogen) atoms. The van der Waals surface area contributed by atoms with Gasteiger partial charge in [-0.25, -0.2) is 9.18 Å². The Bertz CT molecular complexity index is 878. The molecule has 2 amide bonds. The van der Waals surface area contributed by atoms with E-state index in [2.05, 4.69) is 6.92 Å². The molecule has 1 aliphatic heterocycles. The number of amides is 2. The fourth-order valence-electron chi connectivity index (χ4n) is 3.52. The molecule has 2 aromatic carbocycles. The summed E-state index contributed by atoms with van der Waals surface area (Å²) in [5.74, 6) is 0.794. The third-order valence-corrected chi connectivity index (χ3v) is 5.59. The Kier molecular flexibility index (Phi) is 7.80. The van der Waals surface area contributed by atoms with Gasteiger partial charge in [0.1, 0.15) is 5.82 Å². The van der Waals surface area contributed by atoms with Crippen LogP contribution < -0.4 is 14.4 Å². The lowest BCUT2D eigenvalue weighted by Crippen LogP contribution is -2.49. The normalized spacial score (nSPS) is 14.2. The van der Waals surface area contributed by atoms with E-state index in [1.54, 1.807) is 29.0 Å². The number of methoxy groups -OCH3 is 1. The predicted molar refractivity (Wildman–Crippen MR) is 117 cm³/mol. The summed E-state index contributed by atoms with van der Waals surface area (Å²) in [4.78, 5) is 16.5. The highest BCUT2D eigenvalue weighted by molar-refractivity contribution is 6.31. The Labute approximate surface area is 182 Å². The molecule has 0 aromatic heterocycles. The average molecular weight is 435 g/mol. The lowest BCUT2D eigenvalue weighted by Gasteiger charge is -2.36. The first-order valence-corrected chi connectivity index (χ1v) is 10.7. The predicted octanol–water partition coefficient (Wildman–Crippen LogP) is 5.89. The average Bonchev–Trinajstić information content (AvgIpc) is 2.76. The number of anilines is 1. The molecular weight excluding hydrogens is 407 g/mol. The molecule has 0 saturated carbocycles. The zero-order chi connectivity index (χ0) is 21.5. The minimum Gasteiger partial charge on any atom is -0.493 e. The molecule has 0 bridgehead atoms. The Balaban J connectivity index is 1.76. The molecule has 162 valence electrons. The van der Waals surface area contributed by atoms with E-state index < -0.39 is 5.82 Å². The Morgan fingerprint density at radius 1 is 1.13 bits per heavy atom.